The second-order valence-corrected chi connectivity index (χ2v) is 5.75. The van der Waals surface area contributed by atoms with Crippen LogP contribution in [0.2, 0.25) is 0 Å². The van der Waals surface area contributed by atoms with Crippen LogP contribution in [-0.4, -0.2) is 18.9 Å². The first-order chi connectivity index (χ1) is 11.2. The first-order valence-electron chi connectivity index (χ1n) is 7.62. The minimum Gasteiger partial charge on any atom is -1.00 e. The monoisotopic (exact) mass is 368 g/mol. The van der Waals surface area contributed by atoms with Gasteiger partial charge in [-0.05, 0) is 17.7 Å². The molecular formula is C18H22Cl2N2O2. The lowest BCUT2D eigenvalue weighted by atomic mass is 10.2. The summed E-state index contributed by atoms with van der Waals surface area (Å²) >= 11 is 6.26. The Morgan fingerprint density at radius 3 is 2.42 bits per heavy atom. The molecule has 0 bridgehead atoms. The molecule has 0 saturated heterocycles. The van der Waals surface area contributed by atoms with Gasteiger partial charge in [-0.3, -0.25) is 4.79 Å². The zero-order valence-corrected chi connectivity index (χ0v) is 14.8. The maximum absolute atomic E-state index is 10.5. The first kappa shape index (κ1) is 20.5. The standard InChI is InChI=1S/C18H21ClN2O2.ClH/c19-18(15-4-2-1-3-5-15)23-17-8-6-14(7-9-17)12-21-11-10-16(20)13-22;/h1-9,13,16,18,21H,10-12,20H2;1H. The Kier molecular flexibility index (Phi) is 9.42. The molecule has 0 radical (unpaired) electrons. The molecule has 24 heavy (non-hydrogen) atoms. The molecule has 0 heterocycles. The van der Waals surface area contributed by atoms with Crippen LogP contribution in [0.1, 0.15) is 23.1 Å². The van der Waals surface area contributed by atoms with Crippen LogP contribution in [0.25, 0.3) is 0 Å². The molecule has 0 spiro atoms. The molecule has 4 N–H and O–H groups in total. The molecule has 130 valence electrons. The Hall–Kier alpha value is -1.59. The van der Waals surface area contributed by atoms with Gasteiger partial charge in [0, 0.05) is 25.1 Å². The summed E-state index contributed by atoms with van der Waals surface area (Å²) in [5.74, 6) is 0.733. The number of carbonyl (C=O) groups is 1. The number of benzene rings is 2. The van der Waals surface area contributed by atoms with E-state index in [1.165, 1.54) is 0 Å². The Bertz CT molecular complexity index is 594. The summed E-state index contributed by atoms with van der Waals surface area (Å²) < 4.78 is 5.72. The van der Waals surface area contributed by atoms with Crippen LogP contribution in [0.5, 0.6) is 5.75 Å². The van der Waals surface area contributed by atoms with E-state index in [9.17, 15) is 4.79 Å². The highest BCUT2D eigenvalue weighted by Crippen LogP contribution is 2.25. The molecule has 2 atom stereocenters. The van der Waals surface area contributed by atoms with Gasteiger partial charge >= 0.3 is 0 Å². The third-order valence-corrected chi connectivity index (χ3v) is 3.78. The predicted molar refractivity (Wildman–Crippen MR) is 91.2 cm³/mol. The third-order valence-electron chi connectivity index (χ3n) is 3.44. The van der Waals surface area contributed by atoms with E-state index in [4.69, 9.17) is 16.3 Å². The molecule has 2 unspecified atom stereocenters. The maximum atomic E-state index is 10.5. The number of rotatable bonds is 9. The molecule has 0 fully saturated rings. The van der Waals surface area contributed by atoms with Gasteiger partial charge in [0.1, 0.15) is 11.8 Å². The van der Waals surface area contributed by atoms with Gasteiger partial charge < -0.3 is 28.2 Å². The van der Waals surface area contributed by atoms with E-state index >= 15 is 0 Å². The highest BCUT2D eigenvalue weighted by atomic mass is 35.5. The number of halogens is 2. The van der Waals surface area contributed by atoms with Gasteiger partial charge in [0.15, 0.2) is 11.8 Å². The summed E-state index contributed by atoms with van der Waals surface area (Å²) in [6.45, 7) is 1.51. The van der Waals surface area contributed by atoms with E-state index in [0.29, 0.717) is 0 Å². The van der Waals surface area contributed by atoms with Crippen molar-refractivity contribution >= 4 is 17.9 Å². The van der Waals surface area contributed by atoms with Gasteiger partial charge in [0.25, 0.3) is 0 Å². The molecule has 2 rings (SSSR count). The van der Waals surface area contributed by atoms with Crippen molar-refractivity contribution in [3.8, 4) is 5.75 Å². The fraction of sp³-hybridized carbons (Fsp3) is 0.278. The van der Waals surface area contributed by atoms with Crippen molar-refractivity contribution in [1.82, 2.24) is 5.32 Å². The minimum atomic E-state index is -0.502. The SMILES string of the molecule is [Cl-].[NH3+]C(C=O)CCNCc1ccc(OC(Cl)c2ccccc2)cc1. The van der Waals surface area contributed by atoms with Crippen LogP contribution < -0.4 is 28.2 Å². The van der Waals surface area contributed by atoms with Crippen molar-refractivity contribution in [3.05, 3.63) is 65.7 Å². The van der Waals surface area contributed by atoms with Crippen LogP contribution in [0.15, 0.2) is 54.6 Å². The fourth-order valence-corrected chi connectivity index (χ4v) is 2.31. The van der Waals surface area contributed by atoms with E-state index in [2.05, 4.69) is 11.1 Å². The lowest BCUT2D eigenvalue weighted by molar-refractivity contribution is -0.400. The number of alkyl halides is 1. The quantitative estimate of drug-likeness (QED) is 0.349. The summed E-state index contributed by atoms with van der Waals surface area (Å²) in [6, 6.07) is 17.4. The average molecular weight is 369 g/mol. The second kappa shape index (κ2) is 11.0. The summed E-state index contributed by atoms with van der Waals surface area (Å²) in [6.07, 6.45) is 1.62. The number of quaternary nitrogens is 1. The van der Waals surface area contributed by atoms with E-state index in [0.717, 1.165) is 42.7 Å². The summed E-state index contributed by atoms with van der Waals surface area (Å²) in [5, 5.41) is 3.29. The smallest absolute Gasteiger partial charge is 0.197 e. The van der Waals surface area contributed by atoms with Gasteiger partial charge in [0.2, 0.25) is 0 Å². The van der Waals surface area contributed by atoms with Gasteiger partial charge in [-0.1, -0.05) is 54.1 Å². The molecule has 0 aliphatic carbocycles. The van der Waals surface area contributed by atoms with Crippen LogP contribution in [0, 0.1) is 0 Å². The van der Waals surface area contributed by atoms with Crippen molar-refractivity contribution in [3.63, 3.8) is 0 Å². The Labute approximate surface area is 153 Å². The van der Waals surface area contributed by atoms with Gasteiger partial charge in [-0.2, -0.15) is 0 Å². The summed E-state index contributed by atoms with van der Waals surface area (Å²) in [4.78, 5) is 10.5. The molecule has 0 amide bonds. The fourth-order valence-electron chi connectivity index (χ4n) is 2.07. The molecule has 2 aromatic rings. The lowest BCUT2D eigenvalue weighted by Crippen LogP contribution is -3.00. The predicted octanol–water partition coefficient (Wildman–Crippen LogP) is -0.704. The Balaban J connectivity index is 0.00000288. The average Bonchev–Trinajstić information content (AvgIpc) is 2.60. The lowest BCUT2D eigenvalue weighted by Gasteiger charge is -2.13. The Morgan fingerprint density at radius 1 is 1.12 bits per heavy atom. The number of hydrogen-bond donors (Lipinski definition) is 2. The number of nitrogens with one attached hydrogen (secondary N) is 1. The topological polar surface area (TPSA) is 66.0 Å². The van der Waals surface area contributed by atoms with Crippen molar-refractivity contribution in [2.75, 3.05) is 6.54 Å². The van der Waals surface area contributed by atoms with Crippen molar-refractivity contribution in [1.29, 1.82) is 0 Å². The van der Waals surface area contributed by atoms with E-state index in [1.54, 1.807) is 0 Å². The van der Waals surface area contributed by atoms with Crippen LogP contribution in [-0.2, 0) is 11.3 Å². The van der Waals surface area contributed by atoms with Gasteiger partial charge in [0.05, 0.1) is 0 Å². The molecule has 0 aliphatic rings. The van der Waals surface area contributed by atoms with Gasteiger partial charge in [-0.15, -0.1) is 0 Å². The number of hydrogen-bond acceptors (Lipinski definition) is 3. The molecule has 0 aliphatic heterocycles. The normalized spacial score (nSPS) is 12.8. The van der Waals surface area contributed by atoms with Crippen molar-refractivity contribution < 1.29 is 27.7 Å². The number of aldehydes is 1. The van der Waals surface area contributed by atoms with Crippen LogP contribution in [0.3, 0.4) is 0 Å². The summed E-state index contributed by atoms with van der Waals surface area (Å²) in [7, 11) is 0. The van der Waals surface area contributed by atoms with Gasteiger partial charge in [-0.25, -0.2) is 0 Å². The highest BCUT2D eigenvalue weighted by Gasteiger charge is 2.08. The number of carbonyl (C=O) groups excluding carboxylic acids is 1. The first-order valence-corrected chi connectivity index (χ1v) is 8.06. The third kappa shape index (κ3) is 6.89. The molecule has 2 aromatic carbocycles. The minimum absolute atomic E-state index is 0. The van der Waals surface area contributed by atoms with Crippen LogP contribution in [0.4, 0.5) is 0 Å². The van der Waals surface area contributed by atoms with Crippen molar-refractivity contribution in [2.45, 2.75) is 24.6 Å². The molecule has 0 saturated carbocycles. The number of ether oxygens (including phenoxy) is 1. The molecule has 4 nitrogen and oxygen atoms in total. The van der Waals surface area contributed by atoms with Crippen LogP contribution >= 0.6 is 11.6 Å². The zero-order chi connectivity index (χ0) is 16.5. The Morgan fingerprint density at radius 2 is 1.79 bits per heavy atom. The van der Waals surface area contributed by atoms with Crippen molar-refractivity contribution in [2.24, 2.45) is 0 Å². The van der Waals surface area contributed by atoms with E-state index < -0.39 is 5.56 Å². The second-order valence-electron chi connectivity index (χ2n) is 5.35. The zero-order valence-electron chi connectivity index (χ0n) is 13.3. The summed E-state index contributed by atoms with van der Waals surface area (Å²) in [5.41, 5.74) is 5.30. The highest BCUT2D eigenvalue weighted by molar-refractivity contribution is 6.20. The largest absolute Gasteiger partial charge is 1.00 e. The molecular weight excluding hydrogens is 347 g/mol. The maximum Gasteiger partial charge on any atom is 0.197 e. The molecule has 6 heteroatoms. The molecule has 0 aromatic heterocycles. The van der Waals surface area contributed by atoms with E-state index in [-0.39, 0.29) is 18.4 Å². The van der Waals surface area contributed by atoms with E-state index in [1.807, 2.05) is 54.6 Å².